The van der Waals surface area contributed by atoms with Crippen molar-refractivity contribution in [1.82, 2.24) is 9.47 Å². The Kier molecular flexibility index (Phi) is 5.77. The van der Waals surface area contributed by atoms with Crippen molar-refractivity contribution in [1.29, 1.82) is 0 Å². The molecule has 0 radical (unpaired) electrons. The first kappa shape index (κ1) is 22.0. The second-order valence-electron chi connectivity index (χ2n) is 6.95. The molecule has 4 rings (SSSR count). The van der Waals surface area contributed by atoms with Gasteiger partial charge in [0.15, 0.2) is 4.80 Å². The fourth-order valence-corrected chi connectivity index (χ4v) is 5.10. The zero-order valence-corrected chi connectivity index (χ0v) is 18.5. The fraction of sp³-hybridized carbons (Fsp3) is 0.200. The molecule has 0 spiro atoms. The number of carbonyl (C=O) groups is 3. The number of nitrogens with two attached hydrogens (primary N) is 1. The van der Waals surface area contributed by atoms with Crippen LogP contribution in [0.25, 0.3) is 10.2 Å². The molecular weight excluding hydrogens is 456 g/mol. The predicted molar refractivity (Wildman–Crippen MR) is 115 cm³/mol. The number of primary sulfonamides is 1. The number of aromatic nitrogens is 1. The van der Waals surface area contributed by atoms with Crippen LogP contribution in [0.5, 0.6) is 0 Å². The molecule has 0 aliphatic carbocycles. The van der Waals surface area contributed by atoms with E-state index >= 15 is 0 Å². The minimum absolute atomic E-state index is 0.0611. The highest BCUT2D eigenvalue weighted by Gasteiger charge is 2.36. The molecule has 1 aromatic heterocycles. The summed E-state index contributed by atoms with van der Waals surface area (Å²) in [5, 5.41) is 5.21. The molecule has 2 aromatic carbocycles. The molecule has 2 heterocycles. The Balaban J connectivity index is 1.70. The summed E-state index contributed by atoms with van der Waals surface area (Å²) in [6, 6.07) is 10.7. The molecule has 0 bridgehead atoms. The summed E-state index contributed by atoms with van der Waals surface area (Å²) in [4.78, 5) is 42.9. The first-order chi connectivity index (χ1) is 15.2. The van der Waals surface area contributed by atoms with Crippen LogP contribution in [0.1, 0.15) is 20.7 Å². The third-order valence-electron chi connectivity index (χ3n) is 4.89. The van der Waals surface area contributed by atoms with E-state index in [0.717, 1.165) is 16.2 Å². The standard InChI is InChI=1S/C20H18N4O6S2/c1-30-9-8-23-15-7-6-12(32(21,28)29)10-16(15)31-20(23)22-17(25)11-24-18(26)13-4-2-3-5-14(13)19(24)27/h2-7,10H,8-9,11H2,1H3,(H2,21,28,29). The minimum atomic E-state index is -3.90. The maximum Gasteiger partial charge on any atom is 0.268 e. The number of imide groups is 1. The van der Waals surface area contributed by atoms with E-state index in [2.05, 4.69) is 4.99 Å². The third kappa shape index (κ3) is 4.00. The van der Waals surface area contributed by atoms with Gasteiger partial charge >= 0.3 is 0 Å². The van der Waals surface area contributed by atoms with Gasteiger partial charge in [-0.1, -0.05) is 23.5 Å². The molecule has 0 unspecified atom stereocenters. The number of nitrogens with zero attached hydrogens (tertiary/aromatic N) is 3. The Morgan fingerprint density at radius 3 is 2.38 bits per heavy atom. The lowest BCUT2D eigenvalue weighted by molar-refractivity contribution is -0.118. The van der Waals surface area contributed by atoms with Crippen LogP contribution in [0.2, 0.25) is 0 Å². The highest BCUT2D eigenvalue weighted by atomic mass is 32.2. The summed E-state index contributed by atoms with van der Waals surface area (Å²) in [7, 11) is -2.37. The predicted octanol–water partition coefficient (Wildman–Crippen LogP) is 0.720. The number of rotatable bonds is 6. The van der Waals surface area contributed by atoms with Crippen molar-refractivity contribution < 1.29 is 27.5 Å². The largest absolute Gasteiger partial charge is 0.383 e. The SMILES string of the molecule is COCCn1c(=NC(=O)CN2C(=O)c3ccccc3C2=O)sc2cc(S(N)(=O)=O)ccc21. The monoisotopic (exact) mass is 474 g/mol. The number of ether oxygens (including phenoxy) is 1. The quantitative estimate of drug-likeness (QED) is 0.522. The van der Waals surface area contributed by atoms with E-state index in [1.807, 2.05) is 0 Å². The molecular formula is C20H18N4O6S2. The molecule has 0 fully saturated rings. The molecule has 10 nitrogen and oxygen atoms in total. The zero-order chi connectivity index (χ0) is 23.0. The van der Waals surface area contributed by atoms with E-state index in [-0.39, 0.29) is 20.8 Å². The topological polar surface area (TPSA) is 141 Å². The van der Waals surface area contributed by atoms with Gasteiger partial charge in [-0.2, -0.15) is 4.99 Å². The smallest absolute Gasteiger partial charge is 0.268 e. The van der Waals surface area contributed by atoms with Crippen molar-refractivity contribution in [2.75, 3.05) is 20.3 Å². The summed E-state index contributed by atoms with van der Waals surface area (Å²) in [6.45, 7) is 0.167. The van der Waals surface area contributed by atoms with E-state index in [4.69, 9.17) is 9.88 Å². The van der Waals surface area contributed by atoms with E-state index in [1.165, 1.54) is 31.4 Å². The lowest BCUT2D eigenvalue weighted by atomic mass is 10.1. The number of carbonyl (C=O) groups excluding carboxylic acids is 3. The van der Waals surface area contributed by atoms with Gasteiger partial charge in [0, 0.05) is 13.7 Å². The summed E-state index contributed by atoms with van der Waals surface area (Å²) in [5.41, 5.74) is 1.14. The van der Waals surface area contributed by atoms with Crippen molar-refractivity contribution in [3.63, 3.8) is 0 Å². The number of fused-ring (bicyclic) bond motifs is 2. The van der Waals surface area contributed by atoms with Gasteiger partial charge in [0.25, 0.3) is 17.7 Å². The Labute approximate surface area is 186 Å². The van der Waals surface area contributed by atoms with Crippen LogP contribution in [-0.4, -0.2) is 55.9 Å². The maximum atomic E-state index is 12.7. The number of thiazole rings is 1. The van der Waals surface area contributed by atoms with Crippen LogP contribution in [0.3, 0.4) is 0 Å². The van der Waals surface area contributed by atoms with E-state index in [9.17, 15) is 22.8 Å². The number of hydrogen-bond donors (Lipinski definition) is 1. The van der Waals surface area contributed by atoms with Crippen molar-refractivity contribution in [2.24, 2.45) is 10.1 Å². The van der Waals surface area contributed by atoms with Gasteiger partial charge in [-0.3, -0.25) is 19.3 Å². The molecule has 3 amide bonds. The van der Waals surface area contributed by atoms with E-state index < -0.39 is 34.3 Å². The Bertz CT molecular complexity index is 1400. The van der Waals surface area contributed by atoms with Crippen LogP contribution in [0, 0.1) is 0 Å². The van der Waals surface area contributed by atoms with Gasteiger partial charge < -0.3 is 9.30 Å². The molecule has 1 aliphatic rings. The zero-order valence-electron chi connectivity index (χ0n) is 16.8. The minimum Gasteiger partial charge on any atom is -0.383 e. The normalized spacial score (nSPS) is 14.4. The average Bonchev–Trinajstić information content (AvgIpc) is 3.21. The highest BCUT2D eigenvalue weighted by molar-refractivity contribution is 7.89. The summed E-state index contributed by atoms with van der Waals surface area (Å²) in [6.07, 6.45) is 0. The molecule has 0 atom stereocenters. The fourth-order valence-electron chi connectivity index (χ4n) is 3.37. The molecule has 166 valence electrons. The number of sulfonamides is 1. The van der Waals surface area contributed by atoms with Gasteiger partial charge in [-0.05, 0) is 30.3 Å². The Morgan fingerprint density at radius 2 is 1.78 bits per heavy atom. The number of hydrogen-bond acceptors (Lipinski definition) is 7. The van der Waals surface area contributed by atoms with Crippen LogP contribution in [-0.2, 0) is 26.1 Å². The second-order valence-corrected chi connectivity index (χ2v) is 9.52. The van der Waals surface area contributed by atoms with Gasteiger partial charge in [-0.25, -0.2) is 13.6 Å². The van der Waals surface area contributed by atoms with E-state index in [0.29, 0.717) is 23.4 Å². The second kappa shape index (κ2) is 8.39. The van der Waals surface area contributed by atoms with Gasteiger partial charge in [0.1, 0.15) is 6.54 Å². The molecule has 1 aliphatic heterocycles. The average molecular weight is 475 g/mol. The Hall–Kier alpha value is -3.19. The van der Waals surface area contributed by atoms with Crippen LogP contribution < -0.4 is 9.94 Å². The molecule has 32 heavy (non-hydrogen) atoms. The van der Waals surface area contributed by atoms with E-state index in [1.54, 1.807) is 22.8 Å². The highest BCUT2D eigenvalue weighted by Crippen LogP contribution is 2.23. The summed E-state index contributed by atoms with van der Waals surface area (Å²) >= 11 is 1.09. The van der Waals surface area contributed by atoms with Crippen molar-refractivity contribution in [3.05, 3.63) is 58.4 Å². The van der Waals surface area contributed by atoms with Gasteiger partial charge in [0.05, 0.1) is 32.8 Å². The van der Waals surface area contributed by atoms with Crippen LogP contribution in [0.4, 0.5) is 0 Å². The number of methoxy groups -OCH3 is 1. The lowest BCUT2D eigenvalue weighted by Gasteiger charge is -2.10. The first-order valence-corrected chi connectivity index (χ1v) is 11.7. The molecule has 2 N–H and O–H groups in total. The Morgan fingerprint density at radius 1 is 1.12 bits per heavy atom. The molecule has 0 saturated heterocycles. The number of benzene rings is 2. The van der Waals surface area contributed by atoms with Crippen LogP contribution in [0.15, 0.2) is 52.4 Å². The van der Waals surface area contributed by atoms with Gasteiger partial charge in [0.2, 0.25) is 10.0 Å². The molecule has 12 heteroatoms. The lowest BCUT2D eigenvalue weighted by Crippen LogP contribution is -2.35. The van der Waals surface area contributed by atoms with Crippen molar-refractivity contribution in [3.8, 4) is 0 Å². The number of amides is 3. The first-order valence-electron chi connectivity index (χ1n) is 9.38. The van der Waals surface area contributed by atoms with Crippen molar-refractivity contribution in [2.45, 2.75) is 11.4 Å². The maximum absolute atomic E-state index is 12.7. The summed E-state index contributed by atoms with van der Waals surface area (Å²) < 4.78 is 30.7. The third-order valence-corrected chi connectivity index (χ3v) is 6.85. The van der Waals surface area contributed by atoms with Crippen LogP contribution >= 0.6 is 11.3 Å². The van der Waals surface area contributed by atoms with Crippen molar-refractivity contribution >= 4 is 49.3 Å². The molecule has 3 aromatic rings. The summed E-state index contributed by atoms with van der Waals surface area (Å²) in [5.74, 6) is -1.78. The molecule has 0 saturated carbocycles. The van der Waals surface area contributed by atoms with Gasteiger partial charge in [-0.15, -0.1) is 0 Å².